The van der Waals surface area contributed by atoms with Gasteiger partial charge in [0.05, 0.1) is 0 Å². The molecule has 4 heteroatoms. The molecule has 1 fully saturated rings. The third-order valence-corrected chi connectivity index (χ3v) is 4.04. The van der Waals surface area contributed by atoms with E-state index in [1.165, 1.54) is 0 Å². The van der Waals surface area contributed by atoms with Crippen molar-refractivity contribution < 1.29 is 4.79 Å². The molecule has 21 heavy (non-hydrogen) atoms. The van der Waals surface area contributed by atoms with Gasteiger partial charge in [-0.05, 0) is 57.1 Å². The number of nitrogens with one attached hydrogen (secondary N) is 1. The zero-order valence-electron chi connectivity index (χ0n) is 13.5. The van der Waals surface area contributed by atoms with Crippen LogP contribution >= 0.6 is 0 Å². The lowest BCUT2D eigenvalue weighted by Crippen LogP contribution is -2.34. The number of benzene rings is 1. The summed E-state index contributed by atoms with van der Waals surface area (Å²) in [6.45, 7) is 8.85. The fourth-order valence-corrected chi connectivity index (χ4v) is 2.70. The van der Waals surface area contributed by atoms with Gasteiger partial charge in [0.2, 0.25) is 0 Å². The van der Waals surface area contributed by atoms with E-state index in [1.54, 1.807) is 0 Å². The lowest BCUT2D eigenvalue weighted by atomic mass is 10.1. The maximum Gasteiger partial charge on any atom is 0.254 e. The molecule has 0 unspecified atom stereocenters. The number of aryl methyl sites for hydroxylation is 1. The lowest BCUT2D eigenvalue weighted by molar-refractivity contribution is 0.0762. The molecule has 0 saturated carbocycles. The summed E-state index contributed by atoms with van der Waals surface area (Å²) in [6.07, 6.45) is 2.15. The monoisotopic (exact) mass is 289 g/mol. The first-order valence-corrected chi connectivity index (χ1v) is 7.94. The highest BCUT2D eigenvalue weighted by Crippen LogP contribution is 2.18. The van der Waals surface area contributed by atoms with Gasteiger partial charge in [-0.2, -0.15) is 0 Å². The first-order valence-electron chi connectivity index (χ1n) is 7.94. The van der Waals surface area contributed by atoms with Crippen molar-refractivity contribution in [2.24, 2.45) is 0 Å². The molecule has 0 spiro atoms. The van der Waals surface area contributed by atoms with Crippen molar-refractivity contribution >= 4 is 11.6 Å². The number of hydrogen-bond acceptors (Lipinski definition) is 3. The Kier molecular flexibility index (Phi) is 5.62. The molecule has 116 valence electrons. The summed E-state index contributed by atoms with van der Waals surface area (Å²) in [5.41, 5.74) is 2.99. The summed E-state index contributed by atoms with van der Waals surface area (Å²) in [7, 11) is 2.12. The van der Waals surface area contributed by atoms with Crippen LogP contribution in [0.3, 0.4) is 0 Å². The van der Waals surface area contributed by atoms with E-state index in [-0.39, 0.29) is 5.91 Å². The minimum atomic E-state index is 0.171. The third kappa shape index (κ3) is 4.21. The first-order chi connectivity index (χ1) is 10.1. The average molecular weight is 289 g/mol. The Balaban J connectivity index is 2.08. The molecule has 1 aromatic carbocycles. The molecule has 4 nitrogen and oxygen atoms in total. The summed E-state index contributed by atoms with van der Waals surface area (Å²) < 4.78 is 0. The van der Waals surface area contributed by atoms with E-state index in [0.717, 1.165) is 62.4 Å². The van der Waals surface area contributed by atoms with E-state index in [1.807, 2.05) is 24.0 Å². The Morgan fingerprint density at radius 2 is 2.05 bits per heavy atom. The van der Waals surface area contributed by atoms with Crippen molar-refractivity contribution in [1.29, 1.82) is 0 Å². The third-order valence-electron chi connectivity index (χ3n) is 4.04. The van der Waals surface area contributed by atoms with Crippen LogP contribution in [0, 0.1) is 6.92 Å². The Hall–Kier alpha value is -1.55. The van der Waals surface area contributed by atoms with Crippen LogP contribution in [0.2, 0.25) is 0 Å². The first kappa shape index (κ1) is 15.8. The molecule has 0 radical (unpaired) electrons. The molecule has 1 saturated heterocycles. The zero-order valence-corrected chi connectivity index (χ0v) is 13.5. The SMILES string of the molecule is CCCNc1ccc(C(=O)N2CCCN(C)CC2)c(C)c1. The van der Waals surface area contributed by atoms with Crippen LogP contribution in [0.4, 0.5) is 5.69 Å². The van der Waals surface area contributed by atoms with Gasteiger partial charge in [0.25, 0.3) is 5.91 Å². The Labute approximate surface area is 128 Å². The van der Waals surface area contributed by atoms with Crippen molar-refractivity contribution in [3.8, 4) is 0 Å². The number of nitrogens with zero attached hydrogens (tertiary/aromatic N) is 2. The van der Waals surface area contributed by atoms with Gasteiger partial charge in [0.1, 0.15) is 0 Å². The molecular formula is C17H27N3O. The predicted octanol–water partition coefficient (Wildman–Crippen LogP) is 2.59. The van der Waals surface area contributed by atoms with E-state index in [2.05, 4.69) is 30.3 Å². The van der Waals surface area contributed by atoms with Crippen molar-refractivity contribution in [3.63, 3.8) is 0 Å². The van der Waals surface area contributed by atoms with Gasteiger partial charge in [-0.15, -0.1) is 0 Å². The van der Waals surface area contributed by atoms with Crippen LogP contribution in [0.5, 0.6) is 0 Å². The number of amides is 1. The van der Waals surface area contributed by atoms with E-state index in [4.69, 9.17) is 0 Å². The Morgan fingerprint density at radius 1 is 1.24 bits per heavy atom. The van der Waals surface area contributed by atoms with E-state index >= 15 is 0 Å². The predicted molar refractivity (Wildman–Crippen MR) is 88.0 cm³/mol. The van der Waals surface area contributed by atoms with Crippen LogP contribution in [0.25, 0.3) is 0 Å². The largest absolute Gasteiger partial charge is 0.385 e. The van der Waals surface area contributed by atoms with Crippen LogP contribution < -0.4 is 5.32 Å². The zero-order chi connectivity index (χ0) is 15.2. The standard InChI is InChI=1S/C17H27N3O/c1-4-8-18-15-6-7-16(14(2)13-15)17(21)20-10-5-9-19(3)11-12-20/h6-7,13,18H,4-5,8-12H2,1-3H3. The highest BCUT2D eigenvalue weighted by Gasteiger charge is 2.20. The van der Waals surface area contributed by atoms with Gasteiger partial charge >= 0.3 is 0 Å². The normalized spacial score (nSPS) is 16.6. The fourth-order valence-electron chi connectivity index (χ4n) is 2.70. The second-order valence-corrected chi connectivity index (χ2v) is 5.91. The van der Waals surface area contributed by atoms with Gasteiger partial charge < -0.3 is 15.1 Å². The molecule has 0 aromatic heterocycles. The summed E-state index contributed by atoms with van der Waals surface area (Å²) >= 11 is 0. The smallest absolute Gasteiger partial charge is 0.254 e. The second-order valence-electron chi connectivity index (χ2n) is 5.91. The Bertz CT molecular complexity index is 487. The van der Waals surface area contributed by atoms with Gasteiger partial charge in [0.15, 0.2) is 0 Å². The number of rotatable bonds is 4. The van der Waals surface area contributed by atoms with Gasteiger partial charge in [-0.3, -0.25) is 4.79 Å². The Morgan fingerprint density at radius 3 is 2.76 bits per heavy atom. The van der Waals surface area contributed by atoms with Gasteiger partial charge in [-0.25, -0.2) is 0 Å². The quantitative estimate of drug-likeness (QED) is 0.925. The number of hydrogen-bond donors (Lipinski definition) is 1. The van der Waals surface area contributed by atoms with Crippen molar-refractivity contribution in [1.82, 2.24) is 9.80 Å². The summed E-state index contributed by atoms with van der Waals surface area (Å²) in [4.78, 5) is 17.0. The molecule has 1 aromatic rings. The van der Waals surface area contributed by atoms with Crippen molar-refractivity contribution in [3.05, 3.63) is 29.3 Å². The van der Waals surface area contributed by atoms with Crippen LogP contribution in [-0.2, 0) is 0 Å². The van der Waals surface area contributed by atoms with Crippen LogP contribution in [0.15, 0.2) is 18.2 Å². The molecule has 0 aliphatic carbocycles. The molecule has 0 atom stereocenters. The van der Waals surface area contributed by atoms with E-state index in [0.29, 0.717) is 0 Å². The van der Waals surface area contributed by atoms with E-state index < -0.39 is 0 Å². The molecule has 1 aliphatic heterocycles. The molecule has 0 bridgehead atoms. The summed E-state index contributed by atoms with van der Waals surface area (Å²) in [5.74, 6) is 0.171. The maximum absolute atomic E-state index is 12.7. The lowest BCUT2D eigenvalue weighted by Gasteiger charge is -2.22. The number of carbonyl (C=O) groups excluding carboxylic acids is 1. The fraction of sp³-hybridized carbons (Fsp3) is 0.588. The number of anilines is 1. The summed E-state index contributed by atoms with van der Waals surface area (Å²) in [5, 5.41) is 3.37. The van der Waals surface area contributed by atoms with Crippen LogP contribution in [-0.4, -0.2) is 55.5 Å². The minimum Gasteiger partial charge on any atom is -0.385 e. The maximum atomic E-state index is 12.7. The van der Waals surface area contributed by atoms with E-state index in [9.17, 15) is 4.79 Å². The van der Waals surface area contributed by atoms with Crippen molar-refractivity contribution in [2.75, 3.05) is 45.1 Å². The molecule has 1 aliphatic rings. The molecule has 1 amide bonds. The minimum absolute atomic E-state index is 0.171. The van der Waals surface area contributed by atoms with Crippen molar-refractivity contribution in [2.45, 2.75) is 26.7 Å². The highest BCUT2D eigenvalue weighted by atomic mass is 16.2. The number of likely N-dealkylation sites (N-methyl/N-ethyl adjacent to an activating group) is 1. The molecular weight excluding hydrogens is 262 g/mol. The molecule has 1 N–H and O–H groups in total. The highest BCUT2D eigenvalue weighted by molar-refractivity contribution is 5.96. The topological polar surface area (TPSA) is 35.6 Å². The van der Waals surface area contributed by atoms with Gasteiger partial charge in [-0.1, -0.05) is 6.92 Å². The summed E-state index contributed by atoms with van der Waals surface area (Å²) in [6, 6.07) is 6.05. The molecule has 2 rings (SSSR count). The van der Waals surface area contributed by atoms with Crippen LogP contribution in [0.1, 0.15) is 35.7 Å². The molecule has 1 heterocycles. The van der Waals surface area contributed by atoms with Gasteiger partial charge in [0, 0.05) is 37.4 Å². The number of carbonyl (C=O) groups is 1. The average Bonchev–Trinajstić information content (AvgIpc) is 2.69. The second kappa shape index (κ2) is 7.46.